The molecule has 1 saturated carbocycles. The molecule has 1 aliphatic carbocycles. The van der Waals surface area contributed by atoms with Crippen molar-refractivity contribution in [2.45, 2.75) is 57.5 Å². The van der Waals surface area contributed by atoms with Gasteiger partial charge >= 0.3 is 0 Å². The van der Waals surface area contributed by atoms with Crippen LogP contribution in [-0.2, 0) is 4.79 Å². The van der Waals surface area contributed by atoms with E-state index in [2.05, 4.69) is 5.32 Å². The third kappa shape index (κ3) is 3.18. The second-order valence-corrected chi connectivity index (χ2v) is 5.92. The molecule has 1 atom stereocenters. The molecule has 20 heavy (non-hydrogen) atoms. The number of amides is 1. The van der Waals surface area contributed by atoms with Gasteiger partial charge in [-0.25, -0.2) is 4.39 Å². The molecule has 4 heteroatoms. The summed E-state index contributed by atoms with van der Waals surface area (Å²) in [4.78, 5) is 12.3. The van der Waals surface area contributed by atoms with Gasteiger partial charge in [0.15, 0.2) is 0 Å². The lowest BCUT2D eigenvalue weighted by molar-refractivity contribution is -0.128. The Bertz CT molecular complexity index is 495. The van der Waals surface area contributed by atoms with Crippen LogP contribution in [0.1, 0.15) is 56.2 Å². The van der Waals surface area contributed by atoms with Gasteiger partial charge in [-0.15, -0.1) is 0 Å². The molecular weight excluding hydrogens is 255 g/mol. The Morgan fingerprint density at radius 1 is 1.35 bits per heavy atom. The highest BCUT2D eigenvalue weighted by molar-refractivity contribution is 5.86. The van der Waals surface area contributed by atoms with Crippen molar-refractivity contribution in [1.29, 1.82) is 0 Å². The molecule has 0 heterocycles. The van der Waals surface area contributed by atoms with E-state index in [-0.39, 0.29) is 17.8 Å². The van der Waals surface area contributed by atoms with Crippen molar-refractivity contribution in [3.8, 4) is 0 Å². The third-order valence-corrected chi connectivity index (χ3v) is 4.24. The second kappa shape index (κ2) is 5.92. The van der Waals surface area contributed by atoms with Crippen molar-refractivity contribution in [3.63, 3.8) is 0 Å². The van der Waals surface area contributed by atoms with Crippen LogP contribution in [0.3, 0.4) is 0 Å². The summed E-state index contributed by atoms with van der Waals surface area (Å²) in [7, 11) is 0. The van der Waals surface area contributed by atoms with Crippen LogP contribution in [0.4, 0.5) is 4.39 Å². The van der Waals surface area contributed by atoms with E-state index < -0.39 is 5.54 Å². The smallest absolute Gasteiger partial charge is 0.240 e. The van der Waals surface area contributed by atoms with Crippen LogP contribution in [0, 0.1) is 12.7 Å². The van der Waals surface area contributed by atoms with Crippen LogP contribution in [-0.4, -0.2) is 11.4 Å². The molecule has 0 aromatic heterocycles. The minimum absolute atomic E-state index is 0.120. The highest BCUT2D eigenvalue weighted by Crippen LogP contribution is 2.27. The van der Waals surface area contributed by atoms with Crippen molar-refractivity contribution in [1.82, 2.24) is 5.32 Å². The first-order valence-corrected chi connectivity index (χ1v) is 7.28. The maximum atomic E-state index is 13.6. The molecule has 2 rings (SSSR count). The summed E-state index contributed by atoms with van der Waals surface area (Å²) in [5.41, 5.74) is 6.81. The molecule has 1 aromatic carbocycles. The number of hydrogen-bond acceptors (Lipinski definition) is 2. The summed E-state index contributed by atoms with van der Waals surface area (Å²) < 4.78 is 13.6. The van der Waals surface area contributed by atoms with Crippen molar-refractivity contribution in [3.05, 3.63) is 35.1 Å². The minimum Gasteiger partial charge on any atom is -0.348 e. The van der Waals surface area contributed by atoms with Gasteiger partial charge in [0.25, 0.3) is 0 Å². The molecule has 0 aliphatic heterocycles. The quantitative estimate of drug-likeness (QED) is 0.893. The van der Waals surface area contributed by atoms with Gasteiger partial charge in [-0.1, -0.05) is 31.4 Å². The van der Waals surface area contributed by atoms with Crippen LogP contribution in [0.15, 0.2) is 18.2 Å². The van der Waals surface area contributed by atoms with Crippen molar-refractivity contribution in [2.75, 3.05) is 0 Å². The number of nitrogens with two attached hydrogens (primary N) is 1. The largest absolute Gasteiger partial charge is 0.348 e. The summed E-state index contributed by atoms with van der Waals surface area (Å²) in [5, 5.41) is 2.92. The van der Waals surface area contributed by atoms with E-state index in [4.69, 9.17) is 5.73 Å². The van der Waals surface area contributed by atoms with Crippen molar-refractivity contribution < 1.29 is 9.18 Å². The number of carbonyl (C=O) groups excluding carboxylic acids is 1. The summed E-state index contributed by atoms with van der Waals surface area (Å²) in [6.45, 7) is 3.58. The Morgan fingerprint density at radius 3 is 2.60 bits per heavy atom. The fourth-order valence-electron chi connectivity index (χ4n) is 2.71. The maximum absolute atomic E-state index is 13.6. The zero-order chi connectivity index (χ0) is 14.8. The van der Waals surface area contributed by atoms with Gasteiger partial charge in [-0.05, 0) is 43.9 Å². The predicted octanol–water partition coefficient (Wildman–Crippen LogP) is 2.97. The lowest BCUT2D eigenvalue weighted by atomic mass is 9.81. The van der Waals surface area contributed by atoms with E-state index in [1.165, 1.54) is 6.07 Å². The van der Waals surface area contributed by atoms with Gasteiger partial charge in [-0.3, -0.25) is 4.79 Å². The number of carbonyl (C=O) groups is 1. The lowest BCUT2D eigenvalue weighted by Gasteiger charge is -2.33. The van der Waals surface area contributed by atoms with Crippen LogP contribution in [0.25, 0.3) is 0 Å². The standard InChI is InChI=1S/C16H23FN2O/c1-11-6-7-13(10-14(11)17)12(2)19-15(20)16(18)8-4-3-5-9-16/h6-7,10,12H,3-5,8-9,18H2,1-2H3,(H,19,20). The summed E-state index contributed by atoms with van der Waals surface area (Å²) in [5.74, 6) is -0.366. The molecule has 1 fully saturated rings. The van der Waals surface area contributed by atoms with E-state index in [0.29, 0.717) is 5.56 Å². The van der Waals surface area contributed by atoms with E-state index in [9.17, 15) is 9.18 Å². The zero-order valence-corrected chi connectivity index (χ0v) is 12.2. The van der Waals surface area contributed by atoms with Crippen LogP contribution in [0.5, 0.6) is 0 Å². The van der Waals surface area contributed by atoms with Gasteiger partial charge in [-0.2, -0.15) is 0 Å². The second-order valence-electron chi connectivity index (χ2n) is 5.92. The average Bonchev–Trinajstić information content (AvgIpc) is 2.42. The highest BCUT2D eigenvalue weighted by Gasteiger charge is 2.35. The molecule has 110 valence electrons. The first-order valence-electron chi connectivity index (χ1n) is 7.28. The van der Waals surface area contributed by atoms with Crippen LogP contribution < -0.4 is 11.1 Å². The maximum Gasteiger partial charge on any atom is 0.240 e. The van der Waals surface area contributed by atoms with Gasteiger partial charge in [0, 0.05) is 0 Å². The van der Waals surface area contributed by atoms with E-state index in [0.717, 1.165) is 37.7 Å². The van der Waals surface area contributed by atoms with Gasteiger partial charge < -0.3 is 11.1 Å². The SMILES string of the molecule is Cc1ccc(C(C)NC(=O)C2(N)CCCCC2)cc1F. The van der Waals surface area contributed by atoms with Gasteiger partial charge in [0.05, 0.1) is 11.6 Å². The summed E-state index contributed by atoms with van der Waals surface area (Å²) in [6.07, 6.45) is 4.60. The van der Waals surface area contributed by atoms with E-state index in [1.54, 1.807) is 13.0 Å². The number of rotatable bonds is 3. The highest BCUT2D eigenvalue weighted by atomic mass is 19.1. The number of benzene rings is 1. The molecule has 0 bridgehead atoms. The molecule has 1 unspecified atom stereocenters. The van der Waals surface area contributed by atoms with Gasteiger partial charge in [0.2, 0.25) is 5.91 Å². The molecule has 1 aliphatic rings. The molecule has 1 aromatic rings. The number of aryl methyl sites for hydroxylation is 1. The van der Waals surface area contributed by atoms with Crippen molar-refractivity contribution in [2.24, 2.45) is 5.73 Å². The summed E-state index contributed by atoms with van der Waals surface area (Å²) in [6, 6.07) is 4.81. The molecule has 0 saturated heterocycles. The Labute approximate surface area is 119 Å². The monoisotopic (exact) mass is 278 g/mol. The Hall–Kier alpha value is -1.42. The first-order chi connectivity index (χ1) is 9.42. The average molecular weight is 278 g/mol. The van der Waals surface area contributed by atoms with E-state index in [1.807, 2.05) is 13.0 Å². The molecule has 0 spiro atoms. The third-order valence-electron chi connectivity index (χ3n) is 4.24. The van der Waals surface area contributed by atoms with Crippen LogP contribution in [0.2, 0.25) is 0 Å². The summed E-state index contributed by atoms with van der Waals surface area (Å²) >= 11 is 0. The molecular formula is C16H23FN2O. The van der Waals surface area contributed by atoms with Crippen LogP contribution >= 0.6 is 0 Å². The Morgan fingerprint density at radius 2 is 2.00 bits per heavy atom. The Kier molecular flexibility index (Phi) is 4.43. The normalized spacial score (nSPS) is 19.4. The number of halogens is 1. The minimum atomic E-state index is -0.754. The van der Waals surface area contributed by atoms with E-state index >= 15 is 0 Å². The number of nitrogens with one attached hydrogen (secondary N) is 1. The molecule has 3 nitrogen and oxygen atoms in total. The molecule has 1 amide bonds. The fourth-order valence-corrected chi connectivity index (χ4v) is 2.71. The topological polar surface area (TPSA) is 55.1 Å². The van der Waals surface area contributed by atoms with Gasteiger partial charge in [0.1, 0.15) is 5.82 Å². The van der Waals surface area contributed by atoms with Crippen molar-refractivity contribution >= 4 is 5.91 Å². The first kappa shape index (κ1) is 15.0. The fraction of sp³-hybridized carbons (Fsp3) is 0.562. The molecule has 0 radical (unpaired) electrons. The zero-order valence-electron chi connectivity index (χ0n) is 12.2. The number of hydrogen-bond donors (Lipinski definition) is 2. The molecule has 3 N–H and O–H groups in total. The lowest BCUT2D eigenvalue weighted by Crippen LogP contribution is -2.55. The Balaban J connectivity index is 2.04. The predicted molar refractivity (Wildman–Crippen MR) is 77.7 cm³/mol.